The van der Waals surface area contributed by atoms with Crippen molar-refractivity contribution < 1.29 is 0 Å². The maximum Gasteiger partial charge on any atom is 0.0233 e. The molecule has 0 atom stereocenters. The third-order valence-corrected chi connectivity index (χ3v) is 4.12. The van der Waals surface area contributed by atoms with Crippen molar-refractivity contribution in [3.63, 3.8) is 0 Å². The van der Waals surface area contributed by atoms with Crippen LogP contribution in [0.4, 0.5) is 0 Å². The molecule has 0 unspecified atom stereocenters. The van der Waals surface area contributed by atoms with Gasteiger partial charge < -0.3 is 5.32 Å². The van der Waals surface area contributed by atoms with Crippen LogP contribution in [-0.4, -0.2) is 30.1 Å². The third-order valence-electron chi connectivity index (χ3n) is 4.12. The first kappa shape index (κ1) is 15.5. The van der Waals surface area contributed by atoms with Crippen LogP contribution >= 0.6 is 0 Å². The Balaban J connectivity index is 1.74. The van der Waals surface area contributed by atoms with Gasteiger partial charge in [-0.2, -0.15) is 0 Å². The minimum absolute atomic E-state index is 0.249. The van der Waals surface area contributed by atoms with Crippen LogP contribution in [0.2, 0.25) is 0 Å². The Morgan fingerprint density at radius 1 is 1.20 bits per heavy atom. The summed E-state index contributed by atoms with van der Waals surface area (Å²) in [4.78, 5) is 2.60. The van der Waals surface area contributed by atoms with E-state index in [0.717, 1.165) is 12.5 Å². The molecule has 112 valence electrons. The number of nitrogens with zero attached hydrogens (tertiary/aromatic N) is 1. The van der Waals surface area contributed by atoms with Crippen LogP contribution in [-0.2, 0) is 6.54 Å². The van der Waals surface area contributed by atoms with Gasteiger partial charge in [0.05, 0.1) is 0 Å². The van der Waals surface area contributed by atoms with Crippen molar-refractivity contribution in [2.75, 3.05) is 19.6 Å². The zero-order valence-corrected chi connectivity index (χ0v) is 13.6. The van der Waals surface area contributed by atoms with E-state index in [1.807, 2.05) is 0 Å². The van der Waals surface area contributed by atoms with Crippen molar-refractivity contribution in [2.24, 2.45) is 5.92 Å². The molecule has 1 N–H and O–H groups in total. The van der Waals surface area contributed by atoms with E-state index >= 15 is 0 Å². The summed E-state index contributed by atoms with van der Waals surface area (Å²) in [5.41, 5.74) is 3.07. The molecule has 1 heterocycles. The van der Waals surface area contributed by atoms with Gasteiger partial charge >= 0.3 is 0 Å². The molecule has 0 aliphatic carbocycles. The predicted octanol–water partition coefficient (Wildman–Crippen LogP) is 3.60. The first-order valence-electron chi connectivity index (χ1n) is 7.95. The molecule has 1 aliphatic rings. The molecule has 0 saturated carbocycles. The van der Waals surface area contributed by atoms with Crippen LogP contribution in [0, 0.1) is 12.8 Å². The second-order valence-corrected chi connectivity index (χ2v) is 7.34. The molecular formula is C18H30N2. The van der Waals surface area contributed by atoms with Gasteiger partial charge in [-0.1, -0.05) is 29.8 Å². The number of piperidine rings is 1. The van der Waals surface area contributed by atoms with Gasteiger partial charge in [-0.05, 0) is 71.7 Å². The lowest BCUT2D eigenvalue weighted by molar-refractivity contribution is 0.170. The van der Waals surface area contributed by atoms with Crippen LogP contribution in [0.15, 0.2) is 24.3 Å². The molecule has 0 bridgehead atoms. The fourth-order valence-corrected chi connectivity index (χ4v) is 2.87. The summed E-state index contributed by atoms with van der Waals surface area (Å²) in [6.45, 7) is 13.7. The molecule has 2 nitrogen and oxygen atoms in total. The average Bonchev–Trinajstić information content (AvgIpc) is 2.37. The summed E-state index contributed by atoms with van der Waals surface area (Å²) in [6, 6.07) is 8.91. The van der Waals surface area contributed by atoms with Crippen LogP contribution in [0.5, 0.6) is 0 Å². The Hall–Kier alpha value is -0.860. The summed E-state index contributed by atoms with van der Waals surface area (Å²) < 4.78 is 0. The molecule has 1 aliphatic heterocycles. The molecule has 0 amide bonds. The minimum Gasteiger partial charge on any atom is -0.312 e. The molecule has 0 radical (unpaired) electrons. The second kappa shape index (κ2) is 6.73. The predicted molar refractivity (Wildman–Crippen MR) is 86.9 cm³/mol. The van der Waals surface area contributed by atoms with Gasteiger partial charge in [-0.15, -0.1) is 0 Å². The second-order valence-electron chi connectivity index (χ2n) is 7.34. The topological polar surface area (TPSA) is 15.3 Å². The Labute approximate surface area is 124 Å². The van der Waals surface area contributed by atoms with Gasteiger partial charge in [0.25, 0.3) is 0 Å². The fourth-order valence-electron chi connectivity index (χ4n) is 2.87. The van der Waals surface area contributed by atoms with Gasteiger partial charge in [0, 0.05) is 12.1 Å². The van der Waals surface area contributed by atoms with E-state index in [1.54, 1.807) is 0 Å². The van der Waals surface area contributed by atoms with E-state index < -0.39 is 0 Å². The highest BCUT2D eigenvalue weighted by molar-refractivity contribution is 5.22. The van der Waals surface area contributed by atoms with Crippen molar-refractivity contribution in [3.8, 4) is 0 Å². The summed E-state index contributed by atoms with van der Waals surface area (Å²) in [5, 5.41) is 3.65. The monoisotopic (exact) mass is 274 g/mol. The molecule has 1 aromatic rings. The smallest absolute Gasteiger partial charge is 0.0233 e. The Kier molecular flexibility index (Phi) is 5.22. The first-order valence-corrected chi connectivity index (χ1v) is 7.95. The highest BCUT2D eigenvalue weighted by atomic mass is 15.1. The lowest BCUT2D eigenvalue weighted by atomic mass is 9.95. The molecule has 1 aromatic carbocycles. The van der Waals surface area contributed by atoms with Crippen molar-refractivity contribution >= 4 is 0 Å². The van der Waals surface area contributed by atoms with E-state index in [4.69, 9.17) is 0 Å². The molecule has 0 spiro atoms. The van der Waals surface area contributed by atoms with Crippen molar-refractivity contribution in [1.29, 1.82) is 0 Å². The van der Waals surface area contributed by atoms with E-state index in [1.165, 1.54) is 43.6 Å². The minimum atomic E-state index is 0.249. The van der Waals surface area contributed by atoms with Gasteiger partial charge in [0.15, 0.2) is 0 Å². The van der Waals surface area contributed by atoms with E-state index in [0.29, 0.717) is 0 Å². The molecular weight excluding hydrogens is 244 g/mol. The molecule has 20 heavy (non-hydrogen) atoms. The van der Waals surface area contributed by atoms with E-state index in [9.17, 15) is 0 Å². The van der Waals surface area contributed by atoms with E-state index in [2.05, 4.69) is 62.2 Å². The average molecular weight is 274 g/mol. The van der Waals surface area contributed by atoms with Gasteiger partial charge in [0.1, 0.15) is 0 Å². The summed E-state index contributed by atoms with van der Waals surface area (Å²) in [7, 11) is 0. The fraction of sp³-hybridized carbons (Fsp3) is 0.667. The highest BCUT2D eigenvalue weighted by Crippen LogP contribution is 2.19. The first-order chi connectivity index (χ1) is 9.42. The SMILES string of the molecule is Cc1cccc(CN2CCC(CNC(C)(C)C)CC2)c1. The standard InChI is InChI=1S/C18H30N2/c1-15-6-5-7-17(12-15)14-20-10-8-16(9-11-20)13-19-18(2,3)4/h5-7,12,16,19H,8-11,13-14H2,1-4H3. The van der Waals surface area contributed by atoms with Crippen LogP contribution in [0.3, 0.4) is 0 Å². The molecule has 2 heteroatoms. The Morgan fingerprint density at radius 3 is 2.50 bits per heavy atom. The van der Waals surface area contributed by atoms with Gasteiger partial charge in [0.2, 0.25) is 0 Å². The number of aryl methyl sites for hydroxylation is 1. The molecule has 1 saturated heterocycles. The zero-order valence-electron chi connectivity index (χ0n) is 13.6. The zero-order chi connectivity index (χ0) is 14.6. The Bertz CT molecular complexity index is 412. The van der Waals surface area contributed by atoms with Crippen molar-refractivity contribution in [1.82, 2.24) is 10.2 Å². The summed E-state index contributed by atoms with van der Waals surface area (Å²) in [5.74, 6) is 0.850. The number of nitrogens with one attached hydrogen (secondary N) is 1. The summed E-state index contributed by atoms with van der Waals surface area (Å²) >= 11 is 0. The van der Waals surface area contributed by atoms with Crippen LogP contribution < -0.4 is 5.32 Å². The lowest BCUT2D eigenvalue weighted by Crippen LogP contribution is -2.42. The number of benzene rings is 1. The molecule has 1 fully saturated rings. The highest BCUT2D eigenvalue weighted by Gasteiger charge is 2.20. The van der Waals surface area contributed by atoms with Gasteiger partial charge in [-0.25, -0.2) is 0 Å². The third kappa shape index (κ3) is 5.26. The number of hydrogen-bond acceptors (Lipinski definition) is 2. The maximum atomic E-state index is 3.65. The lowest BCUT2D eigenvalue weighted by Gasteiger charge is -2.33. The Morgan fingerprint density at radius 2 is 1.90 bits per heavy atom. The normalized spacial score (nSPS) is 18.4. The van der Waals surface area contributed by atoms with Crippen molar-refractivity contribution in [3.05, 3.63) is 35.4 Å². The quantitative estimate of drug-likeness (QED) is 0.902. The van der Waals surface area contributed by atoms with Gasteiger partial charge in [-0.3, -0.25) is 4.90 Å². The number of hydrogen-bond donors (Lipinski definition) is 1. The molecule has 0 aromatic heterocycles. The number of rotatable bonds is 4. The number of likely N-dealkylation sites (tertiary alicyclic amines) is 1. The van der Waals surface area contributed by atoms with Crippen LogP contribution in [0.25, 0.3) is 0 Å². The van der Waals surface area contributed by atoms with Crippen molar-refractivity contribution in [2.45, 2.75) is 52.6 Å². The maximum absolute atomic E-state index is 3.65. The summed E-state index contributed by atoms with van der Waals surface area (Å²) in [6.07, 6.45) is 2.66. The largest absolute Gasteiger partial charge is 0.312 e. The van der Waals surface area contributed by atoms with Crippen LogP contribution in [0.1, 0.15) is 44.7 Å². The van der Waals surface area contributed by atoms with E-state index in [-0.39, 0.29) is 5.54 Å². The molecule has 2 rings (SSSR count).